The third-order valence-corrected chi connectivity index (χ3v) is 3.84. The molecule has 1 heterocycles. The number of likely N-dealkylation sites (tertiary alicyclic amines) is 1. The van der Waals surface area contributed by atoms with Crippen LogP contribution in [0.1, 0.15) is 26.8 Å². The normalized spacial score (nSPS) is 16.3. The molecule has 1 aromatic carbocycles. The van der Waals surface area contributed by atoms with Crippen LogP contribution in [0.4, 0.5) is 4.39 Å². The average Bonchev–Trinajstić information content (AvgIpc) is 2.47. The van der Waals surface area contributed by atoms with E-state index in [1.807, 2.05) is 19.1 Å². The number of hydrogen-bond donors (Lipinski definition) is 0. The maximum Gasteiger partial charge on any atom is 1.00 e. The van der Waals surface area contributed by atoms with Crippen molar-refractivity contribution in [3.8, 4) is 0 Å². The van der Waals surface area contributed by atoms with Crippen LogP contribution in [0.15, 0.2) is 24.3 Å². The van der Waals surface area contributed by atoms with Gasteiger partial charge in [-0.25, -0.2) is 4.39 Å². The van der Waals surface area contributed by atoms with E-state index in [4.69, 9.17) is 4.74 Å². The second-order valence-corrected chi connectivity index (χ2v) is 5.24. The van der Waals surface area contributed by atoms with E-state index in [0.29, 0.717) is 6.61 Å². The van der Waals surface area contributed by atoms with E-state index >= 15 is 0 Å². The third kappa shape index (κ3) is 5.82. The number of carbonyl (C=O) groups is 1. The molecule has 1 fully saturated rings. The second-order valence-electron chi connectivity index (χ2n) is 5.24. The third-order valence-electron chi connectivity index (χ3n) is 3.84. The minimum absolute atomic E-state index is 0. The zero-order chi connectivity index (χ0) is 14.4. The molecule has 0 aliphatic carbocycles. The van der Waals surface area contributed by atoms with Crippen molar-refractivity contribution in [3.05, 3.63) is 35.6 Å². The Balaban J connectivity index is 0.00000220. The number of carbonyl (C=O) groups excluding carboxylic acids is 1. The van der Waals surface area contributed by atoms with Gasteiger partial charge in [-0.3, -0.25) is 4.79 Å². The fraction of sp³-hybridized carbons (Fsp3) is 0.562. The maximum absolute atomic E-state index is 12.8. The molecule has 5 heteroatoms. The molecular formula is C16H23FLiNO2. The van der Waals surface area contributed by atoms with Gasteiger partial charge < -0.3 is 11.1 Å². The molecule has 1 aliphatic heterocycles. The van der Waals surface area contributed by atoms with Gasteiger partial charge in [-0.05, 0) is 57.0 Å². The predicted molar refractivity (Wildman–Crippen MR) is 77.0 cm³/mol. The smallest absolute Gasteiger partial charge is 1.00 e. The summed E-state index contributed by atoms with van der Waals surface area (Å²) in [5.74, 6) is -0.174. The Morgan fingerprint density at radius 2 is 1.95 bits per heavy atom. The molecule has 0 bridgehead atoms. The quantitative estimate of drug-likeness (QED) is 0.553. The Morgan fingerprint density at radius 1 is 1.33 bits per heavy atom. The number of piperidine rings is 1. The number of hydrogen-bond acceptors (Lipinski definition) is 3. The molecule has 1 aliphatic rings. The van der Waals surface area contributed by atoms with Crippen LogP contribution in [0, 0.1) is 11.7 Å². The minimum Gasteiger partial charge on any atom is -1.00 e. The molecule has 0 amide bonds. The van der Waals surface area contributed by atoms with Crippen LogP contribution in [-0.4, -0.2) is 37.1 Å². The van der Waals surface area contributed by atoms with Crippen LogP contribution >= 0.6 is 0 Å². The van der Waals surface area contributed by atoms with Crippen molar-refractivity contribution in [3.63, 3.8) is 0 Å². The Morgan fingerprint density at radius 3 is 2.52 bits per heavy atom. The Kier molecular flexibility index (Phi) is 8.03. The molecule has 0 N–H and O–H groups in total. The van der Waals surface area contributed by atoms with Gasteiger partial charge in [0.25, 0.3) is 0 Å². The van der Waals surface area contributed by atoms with Gasteiger partial charge in [-0.1, -0.05) is 12.1 Å². The van der Waals surface area contributed by atoms with Crippen molar-refractivity contribution < 1.29 is 34.2 Å². The fourth-order valence-corrected chi connectivity index (χ4v) is 2.59. The summed E-state index contributed by atoms with van der Waals surface area (Å²) in [6, 6.07) is 6.67. The van der Waals surface area contributed by atoms with Crippen molar-refractivity contribution in [1.29, 1.82) is 0 Å². The SMILES string of the molecule is CCOC(=O)C1CCN(CCc2ccc(F)cc2)CC1.[H-].[Li+]. The molecule has 112 valence electrons. The first-order valence-corrected chi connectivity index (χ1v) is 7.32. The monoisotopic (exact) mass is 287 g/mol. The van der Waals surface area contributed by atoms with E-state index in [9.17, 15) is 9.18 Å². The van der Waals surface area contributed by atoms with Crippen molar-refractivity contribution in [2.45, 2.75) is 26.2 Å². The molecule has 0 unspecified atom stereocenters. The minimum atomic E-state index is -0.191. The van der Waals surface area contributed by atoms with Gasteiger partial charge in [-0.15, -0.1) is 0 Å². The van der Waals surface area contributed by atoms with Crippen LogP contribution in [0.2, 0.25) is 0 Å². The molecule has 3 nitrogen and oxygen atoms in total. The maximum atomic E-state index is 12.8. The van der Waals surface area contributed by atoms with E-state index in [0.717, 1.165) is 44.5 Å². The average molecular weight is 287 g/mol. The van der Waals surface area contributed by atoms with E-state index < -0.39 is 0 Å². The predicted octanol–water partition coefficient (Wildman–Crippen LogP) is -0.240. The second kappa shape index (κ2) is 9.25. The van der Waals surface area contributed by atoms with E-state index in [-0.39, 0.29) is 38.0 Å². The number of ether oxygens (including phenoxy) is 1. The first-order valence-electron chi connectivity index (χ1n) is 7.32. The summed E-state index contributed by atoms with van der Waals surface area (Å²) in [7, 11) is 0. The summed E-state index contributed by atoms with van der Waals surface area (Å²) in [4.78, 5) is 14.0. The first kappa shape index (κ1) is 18.2. The number of benzene rings is 1. The Hall–Kier alpha value is -0.823. The van der Waals surface area contributed by atoms with Gasteiger partial charge in [0.2, 0.25) is 0 Å². The van der Waals surface area contributed by atoms with Gasteiger partial charge in [0.15, 0.2) is 0 Å². The molecule has 21 heavy (non-hydrogen) atoms. The summed E-state index contributed by atoms with van der Waals surface area (Å²) in [5, 5.41) is 0. The zero-order valence-corrected chi connectivity index (χ0v) is 13.0. The Labute approximate surface area is 139 Å². The molecule has 0 aromatic heterocycles. The van der Waals surface area contributed by atoms with Gasteiger partial charge in [-0.2, -0.15) is 0 Å². The first-order chi connectivity index (χ1) is 9.69. The summed E-state index contributed by atoms with van der Waals surface area (Å²) in [6.07, 6.45) is 2.68. The molecule has 0 spiro atoms. The number of nitrogens with zero attached hydrogens (tertiary/aromatic N) is 1. The van der Waals surface area contributed by atoms with Gasteiger partial charge in [0, 0.05) is 6.54 Å². The largest absolute Gasteiger partial charge is 1.00 e. The van der Waals surface area contributed by atoms with Gasteiger partial charge >= 0.3 is 24.8 Å². The number of rotatable bonds is 5. The molecule has 1 aromatic rings. The number of halogens is 1. The van der Waals surface area contributed by atoms with Crippen LogP contribution in [-0.2, 0) is 16.0 Å². The molecule has 0 atom stereocenters. The van der Waals surface area contributed by atoms with Crippen LogP contribution < -0.4 is 18.9 Å². The van der Waals surface area contributed by atoms with Crippen LogP contribution in [0.5, 0.6) is 0 Å². The van der Waals surface area contributed by atoms with Gasteiger partial charge in [0.1, 0.15) is 5.82 Å². The topological polar surface area (TPSA) is 29.5 Å². The molecule has 0 saturated carbocycles. The molecular weight excluding hydrogens is 264 g/mol. The van der Waals surface area contributed by atoms with Crippen molar-refractivity contribution >= 4 is 5.97 Å². The molecule has 2 rings (SSSR count). The fourth-order valence-electron chi connectivity index (χ4n) is 2.59. The van der Waals surface area contributed by atoms with E-state index in [2.05, 4.69) is 4.90 Å². The summed E-state index contributed by atoms with van der Waals surface area (Å²) < 4.78 is 17.9. The van der Waals surface area contributed by atoms with Crippen molar-refractivity contribution in [2.24, 2.45) is 5.92 Å². The van der Waals surface area contributed by atoms with Gasteiger partial charge in [0.05, 0.1) is 12.5 Å². The zero-order valence-electron chi connectivity index (χ0n) is 14.0. The summed E-state index contributed by atoms with van der Waals surface area (Å²) >= 11 is 0. The standard InChI is InChI=1S/C16H22FNO2.Li.H/c1-2-20-16(19)14-8-11-18(12-9-14)10-7-13-3-5-15(17)6-4-13;;/h3-6,14H,2,7-12H2,1H3;;/q;+1;-1. The van der Waals surface area contributed by atoms with E-state index in [1.54, 1.807) is 0 Å². The number of esters is 1. The van der Waals surface area contributed by atoms with E-state index in [1.165, 1.54) is 12.1 Å². The van der Waals surface area contributed by atoms with Crippen LogP contribution in [0.3, 0.4) is 0 Å². The van der Waals surface area contributed by atoms with Crippen molar-refractivity contribution in [2.75, 3.05) is 26.2 Å². The molecule has 1 saturated heterocycles. The summed E-state index contributed by atoms with van der Waals surface area (Å²) in [6.45, 7) is 5.13. The Bertz CT molecular complexity index is 436. The summed E-state index contributed by atoms with van der Waals surface area (Å²) in [5.41, 5.74) is 1.15. The molecule has 0 radical (unpaired) electrons. The van der Waals surface area contributed by atoms with Crippen LogP contribution in [0.25, 0.3) is 0 Å². The van der Waals surface area contributed by atoms with Crippen molar-refractivity contribution in [1.82, 2.24) is 4.90 Å².